The van der Waals surface area contributed by atoms with Crippen LogP contribution in [0.3, 0.4) is 0 Å². The minimum absolute atomic E-state index is 0.114. The van der Waals surface area contributed by atoms with Crippen molar-refractivity contribution in [3.05, 3.63) is 65.7 Å². The van der Waals surface area contributed by atoms with E-state index in [1.165, 1.54) is 12.1 Å². The minimum Gasteiger partial charge on any atom is -0.406 e. The van der Waals surface area contributed by atoms with Crippen molar-refractivity contribution in [2.75, 3.05) is 0 Å². The maximum absolute atomic E-state index is 12.0. The zero-order chi connectivity index (χ0) is 15.3. The van der Waals surface area contributed by atoms with Crippen LogP contribution in [0.5, 0.6) is 5.75 Å². The van der Waals surface area contributed by atoms with Gasteiger partial charge in [0.2, 0.25) is 0 Å². The molecule has 0 spiro atoms. The highest BCUT2D eigenvalue weighted by atomic mass is 35.5. The molecule has 0 saturated carbocycles. The van der Waals surface area contributed by atoms with E-state index in [0.717, 1.165) is 11.1 Å². The van der Waals surface area contributed by atoms with Gasteiger partial charge in [-0.15, -0.1) is 24.8 Å². The molecule has 0 fully saturated rings. The van der Waals surface area contributed by atoms with E-state index < -0.39 is 6.36 Å². The van der Waals surface area contributed by atoms with Gasteiger partial charge in [-0.25, -0.2) is 0 Å². The summed E-state index contributed by atoms with van der Waals surface area (Å²) in [7, 11) is 0. The van der Waals surface area contributed by atoms with Crippen LogP contribution in [-0.2, 0) is 6.42 Å². The number of hydrogen-bond donors (Lipinski definition) is 0. The van der Waals surface area contributed by atoms with Crippen molar-refractivity contribution in [1.82, 2.24) is 0 Å². The summed E-state index contributed by atoms with van der Waals surface area (Å²) in [5, 5.41) is -0.114. The second kappa shape index (κ2) is 6.85. The lowest BCUT2D eigenvalue weighted by Gasteiger charge is -2.11. The van der Waals surface area contributed by atoms with Crippen LogP contribution in [-0.4, -0.2) is 6.36 Å². The summed E-state index contributed by atoms with van der Waals surface area (Å²) in [6.45, 7) is 0. The monoisotopic (exact) mass is 314 g/mol. The molecule has 21 heavy (non-hydrogen) atoms. The number of rotatable bonds is 5. The molecule has 0 aromatic heterocycles. The Labute approximate surface area is 126 Å². The number of halogens is 4. The van der Waals surface area contributed by atoms with Crippen molar-refractivity contribution in [1.29, 1.82) is 0 Å². The molecule has 1 unspecified atom stereocenters. The minimum atomic E-state index is -4.66. The summed E-state index contributed by atoms with van der Waals surface area (Å²) in [4.78, 5) is 0. The van der Waals surface area contributed by atoms with Gasteiger partial charge in [-0.3, -0.25) is 0 Å². The molecule has 0 aliphatic carbocycles. The molecule has 0 N–H and O–H groups in total. The van der Waals surface area contributed by atoms with Crippen molar-refractivity contribution in [3.63, 3.8) is 0 Å². The molecular weight excluding hydrogens is 301 g/mol. The predicted molar refractivity (Wildman–Crippen MR) is 76.5 cm³/mol. The van der Waals surface area contributed by atoms with Gasteiger partial charge in [0.05, 0.1) is 5.38 Å². The van der Waals surface area contributed by atoms with Crippen LogP contribution in [0.15, 0.2) is 54.6 Å². The van der Waals surface area contributed by atoms with Gasteiger partial charge in [0.1, 0.15) is 5.75 Å². The second-order valence-corrected chi connectivity index (χ2v) is 5.14. The lowest BCUT2D eigenvalue weighted by Crippen LogP contribution is -2.17. The molecule has 112 valence electrons. The first-order valence-corrected chi connectivity index (χ1v) is 6.91. The number of benzene rings is 2. The van der Waals surface area contributed by atoms with Crippen LogP contribution < -0.4 is 4.74 Å². The van der Waals surface area contributed by atoms with E-state index in [1.54, 1.807) is 12.1 Å². The van der Waals surface area contributed by atoms with E-state index in [2.05, 4.69) is 4.74 Å². The molecule has 2 aromatic rings. The van der Waals surface area contributed by atoms with E-state index in [9.17, 15) is 13.2 Å². The molecule has 2 rings (SSSR count). The third kappa shape index (κ3) is 5.31. The normalized spacial score (nSPS) is 13.0. The van der Waals surface area contributed by atoms with E-state index in [-0.39, 0.29) is 11.1 Å². The zero-order valence-electron chi connectivity index (χ0n) is 11.1. The fourth-order valence-corrected chi connectivity index (χ4v) is 2.23. The standard InChI is InChI=1S/C16H14ClF3O/c17-15(13-4-2-1-3-5-13)11-8-12-6-9-14(10-7-12)21-16(18,19)20/h1-7,9-10,15H,8,11H2. The fourth-order valence-electron chi connectivity index (χ4n) is 1.98. The molecular formula is C16H14ClF3O. The first kappa shape index (κ1) is 15.7. The maximum Gasteiger partial charge on any atom is 0.573 e. The Morgan fingerprint density at radius 1 is 0.952 bits per heavy atom. The van der Waals surface area contributed by atoms with Gasteiger partial charge < -0.3 is 4.74 Å². The summed E-state index contributed by atoms with van der Waals surface area (Å²) < 4.78 is 40.0. The van der Waals surface area contributed by atoms with Crippen LogP contribution in [0, 0.1) is 0 Å². The van der Waals surface area contributed by atoms with Crippen molar-refractivity contribution >= 4 is 11.6 Å². The van der Waals surface area contributed by atoms with Crippen LogP contribution >= 0.6 is 11.6 Å². The third-order valence-electron chi connectivity index (χ3n) is 3.00. The molecule has 5 heteroatoms. The molecule has 0 saturated heterocycles. The van der Waals surface area contributed by atoms with Gasteiger partial charge in [0.15, 0.2) is 0 Å². The van der Waals surface area contributed by atoms with Crippen molar-refractivity contribution < 1.29 is 17.9 Å². The van der Waals surface area contributed by atoms with E-state index >= 15 is 0 Å². The first-order chi connectivity index (χ1) is 9.94. The Morgan fingerprint density at radius 2 is 1.57 bits per heavy atom. The lowest BCUT2D eigenvalue weighted by molar-refractivity contribution is -0.274. The molecule has 0 heterocycles. The number of aryl methyl sites for hydroxylation is 1. The molecule has 0 radical (unpaired) electrons. The summed E-state index contributed by atoms with van der Waals surface area (Å²) in [5.74, 6) is -0.211. The third-order valence-corrected chi connectivity index (χ3v) is 3.47. The van der Waals surface area contributed by atoms with Crippen LogP contribution in [0.2, 0.25) is 0 Å². The van der Waals surface area contributed by atoms with E-state index in [0.29, 0.717) is 12.8 Å². The Morgan fingerprint density at radius 3 is 2.14 bits per heavy atom. The first-order valence-electron chi connectivity index (χ1n) is 6.48. The van der Waals surface area contributed by atoms with Crippen molar-refractivity contribution in [3.8, 4) is 5.75 Å². The molecule has 1 nitrogen and oxygen atoms in total. The average molecular weight is 315 g/mol. The van der Waals surface area contributed by atoms with Gasteiger partial charge in [0.25, 0.3) is 0 Å². The molecule has 1 atom stereocenters. The Bertz CT molecular complexity index is 552. The van der Waals surface area contributed by atoms with Crippen molar-refractivity contribution in [2.45, 2.75) is 24.6 Å². The molecule has 0 amide bonds. The fraction of sp³-hybridized carbons (Fsp3) is 0.250. The highest BCUT2D eigenvalue weighted by molar-refractivity contribution is 6.20. The molecule has 0 bridgehead atoms. The number of ether oxygens (including phenoxy) is 1. The Balaban J connectivity index is 1.89. The second-order valence-electron chi connectivity index (χ2n) is 4.61. The Hall–Kier alpha value is -1.68. The smallest absolute Gasteiger partial charge is 0.406 e. The molecule has 0 aliphatic heterocycles. The van der Waals surface area contributed by atoms with Crippen LogP contribution in [0.25, 0.3) is 0 Å². The van der Waals surface area contributed by atoms with Gasteiger partial charge >= 0.3 is 6.36 Å². The number of hydrogen-bond acceptors (Lipinski definition) is 1. The molecule has 2 aromatic carbocycles. The predicted octanol–water partition coefficient (Wildman–Crippen LogP) is 5.50. The van der Waals surface area contributed by atoms with Crippen LogP contribution in [0.4, 0.5) is 13.2 Å². The molecule has 0 aliphatic rings. The largest absolute Gasteiger partial charge is 0.573 e. The topological polar surface area (TPSA) is 9.23 Å². The highest BCUT2D eigenvalue weighted by Crippen LogP contribution is 2.27. The quantitative estimate of drug-likeness (QED) is 0.662. The van der Waals surface area contributed by atoms with E-state index in [1.807, 2.05) is 30.3 Å². The van der Waals surface area contributed by atoms with Gasteiger partial charge in [-0.1, -0.05) is 42.5 Å². The summed E-state index contributed by atoms with van der Waals surface area (Å²) in [6.07, 6.45) is -3.25. The summed E-state index contributed by atoms with van der Waals surface area (Å²) in [5.41, 5.74) is 1.96. The average Bonchev–Trinajstić information content (AvgIpc) is 2.45. The SMILES string of the molecule is FC(F)(F)Oc1ccc(CCC(Cl)c2ccccc2)cc1. The zero-order valence-corrected chi connectivity index (χ0v) is 11.9. The summed E-state index contributed by atoms with van der Waals surface area (Å²) >= 11 is 6.30. The maximum atomic E-state index is 12.0. The van der Waals surface area contributed by atoms with Crippen molar-refractivity contribution in [2.24, 2.45) is 0 Å². The highest BCUT2D eigenvalue weighted by Gasteiger charge is 2.30. The van der Waals surface area contributed by atoms with Gasteiger partial charge in [-0.2, -0.15) is 0 Å². The van der Waals surface area contributed by atoms with Crippen LogP contribution in [0.1, 0.15) is 22.9 Å². The summed E-state index contributed by atoms with van der Waals surface area (Å²) in [6, 6.07) is 15.6. The van der Waals surface area contributed by atoms with E-state index in [4.69, 9.17) is 11.6 Å². The lowest BCUT2D eigenvalue weighted by atomic mass is 10.0. The number of alkyl halides is 4. The van der Waals surface area contributed by atoms with Gasteiger partial charge in [-0.05, 0) is 36.1 Å². The Kier molecular flexibility index (Phi) is 5.12. The van der Waals surface area contributed by atoms with Gasteiger partial charge in [0, 0.05) is 0 Å².